The number of nitrogens with zero attached hydrogens (tertiary/aromatic N) is 3. The second-order valence-electron chi connectivity index (χ2n) is 7.95. The maximum atomic E-state index is 5.51. The molecule has 1 aliphatic carbocycles. The SMILES string of the molecule is COc1cc(OC)cc(N(CC2CC2)c2ccc3ncc(C4=CCNC=C4)nc3c2)c1. The molecule has 6 nitrogen and oxygen atoms in total. The lowest BCUT2D eigenvalue weighted by Crippen LogP contribution is -2.20. The van der Waals surface area contributed by atoms with Gasteiger partial charge in [0.05, 0.1) is 37.1 Å². The predicted octanol–water partition coefficient (Wildman–Crippen LogP) is 4.70. The van der Waals surface area contributed by atoms with E-state index in [0.29, 0.717) is 5.92 Å². The number of fused-ring (bicyclic) bond motifs is 1. The number of methoxy groups -OCH3 is 2. The van der Waals surface area contributed by atoms with Crippen molar-refractivity contribution in [2.24, 2.45) is 5.92 Å². The van der Waals surface area contributed by atoms with Gasteiger partial charge in [-0.25, -0.2) is 4.98 Å². The lowest BCUT2D eigenvalue weighted by molar-refractivity contribution is 0.394. The average molecular weight is 415 g/mol. The van der Waals surface area contributed by atoms with E-state index in [-0.39, 0.29) is 0 Å². The molecule has 5 rings (SSSR count). The summed E-state index contributed by atoms with van der Waals surface area (Å²) in [5.41, 5.74) is 5.90. The Hall–Kier alpha value is -3.54. The molecule has 1 N–H and O–H groups in total. The topological polar surface area (TPSA) is 59.5 Å². The molecule has 1 aliphatic heterocycles. The molecule has 0 unspecified atom stereocenters. The zero-order valence-corrected chi connectivity index (χ0v) is 17.8. The quantitative estimate of drug-likeness (QED) is 0.605. The molecule has 0 amide bonds. The highest BCUT2D eigenvalue weighted by atomic mass is 16.5. The van der Waals surface area contributed by atoms with Crippen LogP contribution in [0.1, 0.15) is 18.5 Å². The molecule has 2 aliphatic rings. The molecular formula is C25H26N4O2. The maximum Gasteiger partial charge on any atom is 0.124 e. The molecule has 0 atom stereocenters. The van der Waals surface area contributed by atoms with Crippen LogP contribution in [-0.2, 0) is 0 Å². The van der Waals surface area contributed by atoms with Crippen molar-refractivity contribution in [2.75, 3.05) is 32.2 Å². The van der Waals surface area contributed by atoms with Gasteiger partial charge < -0.3 is 19.7 Å². The highest BCUT2D eigenvalue weighted by Crippen LogP contribution is 2.38. The van der Waals surface area contributed by atoms with Crippen molar-refractivity contribution in [2.45, 2.75) is 12.8 Å². The first-order valence-corrected chi connectivity index (χ1v) is 10.6. The lowest BCUT2D eigenvalue weighted by Gasteiger charge is -2.26. The van der Waals surface area contributed by atoms with Crippen molar-refractivity contribution in [3.05, 3.63) is 66.6 Å². The fourth-order valence-corrected chi connectivity index (χ4v) is 3.82. The van der Waals surface area contributed by atoms with Crippen LogP contribution >= 0.6 is 0 Å². The second-order valence-corrected chi connectivity index (χ2v) is 7.95. The monoisotopic (exact) mass is 414 g/mol. The fourth-order valence-electron chi connectivity index (χ4n) is 3.82. The minimum atomic E-state index is 0.704. The molecule has 1 saturated carbocycles. The Morgan fingerprint density at radius 1 is 1.00 bits per heavy atom. The van der Waals surface area contributed by atoms with Crippen molar-refractivity contribution in [1.29, 1.82) is 0 Å². The van der Waals surface area contributed by atoms with Gasteiger partial charge in [0.2, 0.25) is 0 Å². The molecular weight excluding hydrogens is 388 g/mol. The van der Waals surface area contributed by atoms with Crippen LogP contribution in [0.3, 0.4) is 0 Å². The number of aromatic nitrogens is 2. The molecule has 0 spiro atoms. The Balaban J connectivity index is 1.56. The number of hydrogen-bond donors (Lipinski definition) is 1. The zero-order valence-electron chi connectivity index (χ0n) is 17.8. The Bertz CT molecular complexity index is 1150. The number of dihydropyridines is 1. The summed E-state index contributed by atoms with van der Waals surface area (Å²) < 4.78 is 11.0. The number of ether oxygens (including phenoxy) is 2. The van der Waals surface area contributed by atoms with Crippen LogP contribution in [0, 0.1) is 5.92 Å². The standard InChI is InChI=1S/C25H26N4O2/c1-30-21-11-20(12-22(14-21)31-2)29(16-17-3-4-17)19-5-6-23-24(13-19)28-25(15-27-23)18-7-9-26-10-8-18/h5-9,11-15,17,26H,3-4,10,16H2,1-2H3. The molecule has 2 heterocycles. The summed E-state index contributed by atoms with van der Waals surface area (Å²) in [4.78, 5) is 11.9. The van der Waals surface area contributed by atoms with Gasteiger partial charge >= 0.3 is 0 Å². The molecule has 31 heavy (non-hydrogen) atoms. The van der Waals surface area contributed by atoms with E-state index >= 15 is 0 Å². The number of nitrogens with one attached hydrogen (secondary N) is 1. The Morgan fingerprint density at radius 2 is 1.81 bits per heavy atom. The average Bonchev–Trinajstić information content (AvgIpc) is 3.66. The van der Waals surface area contributed by atoms with Crippen molar-refractivity contribution in [1.82, 2.24) is 15.3 Å². The van der Waals surface area contributed by atoms with Crippen molar-refractivity contribution >= 4 is 28.0 Å². The van der Waals surface area contributed by atoms with Gasteiger partial charge in [0.25, 0.3) is 0 Å². The van der Waals surface area contributed by atoms with Gasteiger partial charge in [-0.15, -0.1) is 0 Å². The van der Waals surface area contributed by atoms with Gasteiger partial charge in [-0.05, 0) is 49.2 Å². The Labute approximate surface area is 182 Å². The van der Waals surface area contributed by atoms with Crippen molar-refractivity contribution in [3.8, 4) is 11.5 Å². The largest absolute Gasteiger partial charge is 0.497 e. The first-order valence-electron chi connectivity index (χ1n) is 10.6. The molecule has 3 aromatic rings. The van der Waals surface area contributed by atoms with E-state index in [1.807, 2.05) is 30.6 Å². The van der Waals surface area contributed by atoms with E-state index in [1.54, 1.807) is 14.2 Å². The number of benzene rings is 2. The Kier molecular flexibility index (Phi) is 5.20. The van der Waals surface area contributed by atoms with Crippen molar-refractivity contribution < 1.29 is 9.47 Å². The minimum absolute atomic E-state index is 0.704. The van der Waals surface area contributed by atoms with Crippen LogP contribution < -0.4 is 19.7 Å². The van der Waals surface area contributed by atoms with Gasteiger partial charge in [-0.1, -0.05) is 6.08 Å². The summed E-state index contributed by atoms with van der Waals surface area (Å²) in [6.45, 7) is 1.76. The molecule has 1 aromatic heterocycles. The Morgan fingerprint density at radius 3 is 2.48 bits per heavy atom. The molecule has 0 radical (unpaired) electrons. The molecule has 0 saturated heterocycles. The van der Waals surface area contributed by atoms with Crippen LogP contribution in [0.25, 0.3) is 16.6 Å². The number of rotatable bonds is 7. The van der Waals surface area contributed by atoms with Crippen LogP contribution in [0.2, 0.25) is 0 Å². The lowest BCUT2D eigenvalue weighted by atomic mass is 10.1. The summed E-state index contributed by atoms with van der Waals surface area (Å²) in [6, 6.07) is 12.3. The predicted molar refractivity (Wildman–Crippen MR) is 124 cm³/mol. The van der Waals surface area contributed by atoms with Crippen LogP contribution in [0.15, 0.2) is 60.9 Å². The van der Waals surface area contributed by atoms with Crippen LogP contribution in [-0.4, -0.2) is 37.3 Å². The van der Waals surface area contributed by atoms with Gasteiger partial charge in [0.1, 0.15) is 11.5 Å². The van der Waals surface area contributed by atoms with E-state index in [9.17, 15) is 0 Å². The molecule has 6 heteroatoms. The first-order chi connectivity index (χ1) is 15.2. The third-order valence-corrected chi connectivity index (χ3v) is 5.74. The summed E-state index contributed by atoms with van der Waals surface area (Å²) in [5.74, 6) is 2.26. The molecule has 0 bridgehead atoms. The minimum Gasteiger partial charge on any atom is -0.497 e. The summed E-state index contributed by atoms with van der Waals surface area (Å²) in [7, 11) is 3.36. The third-order valence-electron chi connectivity index (χ3n) is 5.74. The van der Waals surface area contributed by atoms with E-state index in [1.165, 1.54) is 12.8 Å². The highest BCUT2D eigenvalue weighted by Gasteiger charge is 2.26. The normalized spacial score (nSPS) is 15.4. The third kappa shape index (κ3) is 4.19. The van der Waals surface area contributed by atoms with Gasteiger partial charge in [0.15, 0.2) is 0 Å². The number of hydrogen-bond acceptors (Lipinski definition) is 6. The van der Waals surface area contributed by atoms with E-state index in [0.717, 1.165) is 58.3 Å². The molecule has 2 aromatic carbocycles. The maximum absolute atomic E-state index is 5.51. The van der Waals surface area contributed by atoms with Crippen LogP contribution in [0.5, 0.6) is 11.5 Å². The van der Waals surface area contributed by atoms with E-state index in [4.69, 9.17) is 14.5 Å². The summed E-state index contributed by atoms with van der Waals surface area (Å²) >= 11 is 0. The van der Waals surface area contributed by atoms with Gasteiger partial charge in [-0.2, -0.15) is 0 Å². The highest BCUT2D eigenvalue weighted by molar-refractivity contribution is 5.83. The van der Waals surface area contributed by atoms with Gasteiger partial charge in [-0.3, -0.25) is 4.98 Å². The molecule has 158 valence electrons. The second kappa shape index (κ2) is 8.30. The smallest absolute Gasteiger partial charge is 0.124 e. The fraction of sp³-hybridized carbons (Fsp3) is 0.280. The van der Waals surface area contributed by atoms with E-state index < -0.39 is 0 Å². The summed E-state index contributed by atoms with van der Waals surface area (Å²) in [5, 5.41) is 3.17. The van der Waals surface area contributed by atoms with E-state index in [2.05, 4.69) is 45.5 Å². The number of allylic oxidation sites excluding steroid dienone is 2. The van der Waals surface area contributed by atoms with Crippen LogP contribution in [0.4, 0.5) is 11.4 Å². The zero-order chi connectivity index (χ0) is 21.2. The summed E-state index contributed by atoms with van der Waals surface area (Å²) in [6.07, 6.45) is 10.5. The first kappa shape index (κ1) is 19.4. The van der Waals surface area contributed by atoms with Crippen molar-refractivity contribution in [3.63, 3.8) is 0 Å². The van der Waals surface area contributed by atoms with Gasteiger partial charge in [0, 0.05) is 48.2 Å². The number of anilines is 2. The molecule has 1 fully saturated rings.